The van der Waals surface area contributed by atoms with Crippen LogP contribution in [0.1, 0.15) is 23.1 Å². The van der Waals surface area contributed by atoms with E-state index in [1.807, 2.05) is 71.3 Å². The number of hydrogen-bond donors (Lipinski definition) is 1. The SMILES string of the molecule is COc1ccc(OC(=O)N(c2ccnc(Nc3ccc(OCCCN(C)C)cc3)n2)c2c(C)cc(C)cc2C)c(OC)c1. The van der Waals surface area contributed by atoms with Gasteiger partial charge in [-0.1, -0.05) is 17.7 Å². The topological polar surface area (TPSA) is 98.3 Å². The van der Waals surface area contributed by atoms with E-state index in [-0.39, 0.29) is 5.75 Å². The van der Waals surface area contributed by atoms with E-state index < -0.39 is 6.09 Å². The lowest BCUT2D eigenvalue weighted by Gasteiger charge is -2.25. The van der Waals surface area contributed by atoms with Crippen LogP contribution >= 0.6 is 0 Å². The minimum absolute atomic E-state index is 0.247. The molecule has 43 heavy (non-hydrogen) atoms. The molecule has 0 fully saturated rings. The lowest BCUT2D eigenvalue weighted by atomic mass is 10.0. The number of aryl methyl sites for hydroxylation is 3. The second-order valence-electron chi connectivity index (χ2n) is 10.4. The molecule has 0 spiro atoms. The second-order valence-corrected chi connectivity index (χ2v) is 10.4. The minimum atomic E-state index is -0.654. The first kappa shape index (κ1) is 31.1. The molecule has 1 N–H and O–H groups in total. The third-order valence-corrected chi connectivity index (χ3v) is 6.61. The zero-order valence-corrected chi connectivity index (χ0v) is 25.8. The third-order valence-electron chi connectivity index (χ3n) is 6.61. The summed E-state index contributed by atoms with van der Waals surface area (Å²) in [5, 5.41) is 3.22. The number of amides is 1. The fourth-order valence-corrected chi connectivity index (χ4v) is 4.69. The van der Waals surface area contributed by atoms with Crippen molar-refractivity contribution in [2.45, 2.75) is 27.2 Å². The monoisotopic (exact) mass is 585 g/mol. The van der Waals surface area contributed by atoms with Gasteiger partial charge >= 0.3 is 6.09 Å². The van der Waals surface area contributed by atoms with E-state index in [1.54, 1.807) is 37.6 Å². The first-order chi connectivity index (χ1) is 20.7. The van der Waals surface area contributed by atoms with Gasteiger partial charge in [-0.15, -0.1) is 0 Å². The molecular formula is C33H39N5O5. The highest BCUT2D eigenvalue weighted by atomic mass is 16.6. The van der Waals surface area contributed by atoms with Crippen LogP contribution in [-0.4, -0.2) is 62.4 Å². The molecule has 10 nitrogen and oxygen atoms in total. The molecule has 3 aromatic carbocycles. The molecule has 1 amide bonds. The molecule has 0 bridgehead atoms. The summed E-state index contributed by atoms with van der Waals surface area (Å²) in [4.78, 5) is 26.6. The number of ether oxygens (including phenoxy) is 4. The molecule has 0 radical (unpaired) electrons. The van der Waals surface area contributed by atoms with Crippen LogP contribution < -0.4 is 29.2 Å². The Morgan fingerprint density at radius 1 is 0.860 bits per heavy atom. The van der Waals surface area contributed by atoms with Gasteiger partial charge in [0.25, 0.3) is 0 Å². The first-order valence-electron chi connectivity index (χ1n) is 14.0. The van der Waals surface area contributed by atoms with Crippen LogP contribution in [0.15, 0.2) is 66.9 Å². The normalized spacial score (nSPS) is 10.8. The summed E-state index contributed by atoms with van der Waals surface area (Å²) in [6.07, 6.45) is 1.89. The van der Waals surface area contributed by atoms with Crippen LogP contribution in [0.5, 0.6) is 23.0 Å². The van der Waals surface area contributed by atoms with Crippen molar-refractivity contribution in [1.29, 1.82) is 0 Å². The number of carbonyl (C=O) groups excluding carboxylic acids is 1. The van der Waals surface area contributed by atoms with E-state index in [0.717, 1.165) is 41.1 Å². The van der Waals surface area contributed by atoms with E-state index in [4.69, 9.17) is 23.9 Å². The van der Waals surface area contributed by atoms with Gasteiger partial charge in [0, 0.05) is 30.6 Å². The molecule has 1 aromatic heterocycles. The Labute approximate surface area is 253 Å². The van der Waals surface area contributed by atoms with Crippen molar-refractivity contribution in [2.24, 2.45) is 0 Å². The van der Waals surface area contributed by atoms with Crippen LogP contribution in [0.2, 0.25) is 0 Å². The predicted molar refractivity (Wildman–Crippen MR) is 169 cm³/mol. The molecule has 4 rings (SSSR count). The molecule has 0 unspecified atom stereocenters. The first-order valence-corrected chi connectivity index (χ1v) is 14.0. The lowest BCUT2D eigenvalue weighted by molar-refractivity contribution is 0.208. The van der Waals surface area contributed by atoms with Gasteiger partial charge in [-0.05, 0) is 88.8 Å². The molecule has 4 aromatic rings. The van der Waals surface area contributed by atoms with Crippen molar-refractivity contribution >= 4 is 29.2 Å². The molecular weight excluding hydrogens is 546 g/mol. The fraction of sp³-hybridized carbons (Fsp3) is 0.303. The quantitative estimate of drug-likeness (QED) is 0.179. The van der Waals surface area contributed by atoms with Crippen molar-refractivity contribution in [3.8, 4) is 23.0 Å². The number of anilines is 4. The molecule has 0 aliphatic carbocycles. The number of carbonyl (C=O) groups is 1. The van der Waals surface area contributed by atoms with E-state index in [1.165, 1.54) is 12.0 Å². The Morgan fingerprint density at radius 2 is 1.56 bits per heavy atom. The summed E-state index contributed by atoms with van der Waals surface area (Å²) < 4.78 is 22.4. The lowest BCUT2D eigenvalue weighted by Crippen LogP contribution is -2.31. The van der Waals surface area contributed by atoms with Gasteiger partial charge in [0.15, 0.2) is 11.5 Å². The number of nitrogens with one attached hydrogen (secondary N) is 1. The Kier molecular flexibility index (Phi) is 10.4. The van der Waals surface area contributed by atoms with Gasteiger partial charge in [0.05, 0.1) is 26.5 Å². The van der Waals surface area contributed by atoms with E-state index in [9.17, 15) is 4.79 Å². The zero-order chi connectivity index (χ0) is 30.9. The number of rotatable bonds is 12. The molecule has 0 aliphatic rings. The van der Waals surface area contributed by atoms with Gasteiger partial charge in [0.1, 0.15) is 17.3 Å². The number of hydrogen-bond acceptors (Lipinski definition) is 9. The number of nitrogens with zero attached hydrogens (tertiary/aromatic N) is 4. The van der Waals surface area contributed by atoms with Crippen LogP contribution in [0.3, 0.4) is 0 Å². The van der Waals surface area contributed by atoms with Crippen molar-refractivity contribution in [2.75, 3.05) is 51.7 Å². The maximum Gasteiger partial charge on any atom is 0.425 e. The summed E-state index contributed by atoms with van der Waals surface area (Å²) >= 11 is 0. The molecule has 0 saturated heterocycles. The van der Waals surface area contributed by atoms with Gasteiger partial charge in [0.2, 0.25) is 5.95 Å². The van der Waals surface area contributed by atoms with Gasteiger partial charge in [-0.3, -0.25) is 0 Å². The summed E-state index contributed by atoms with van der Waals surface area (Å²) in [7, 11) is 7.15. The minimum Gasteiger partial charge on any atom is -0.497 e. The Morgan fingerprint density at radius 3 is 2.21 bits per heavy atom. The maximum absolute atomic E-state index is 13.9. The highest BCUT2D eigenvalue weighted by Crippen LogP contribution is 2.36. The Bertz CT molecular complexity index is 1520. The van der Waals surface area contributed by atoms with E-state index in [0.29, 0.717) is 35.6 Å². The van der Waals surface area contributed by atoms with Gasteiger partial charge < -0.3 is 29.2 Å². The van der Waals surface area contributed by atoms with Crippen LogP contribution in [0, 0.1) is 20.8 Å². The molecule has 0 aliphatic heterocycles. The number of benzene rings is 3. The third kappa shape index (κ3) is 8.14. The second kappa shape index (κ2) is 14.4. The number of methoxy groups -OCH3 is 2. The predicted octanol–water partition coefficient (Wildman–Crippen LogP) is 6.83. The van der Waals surface area contributed by atoms with Crippen molar-refractivity contribution < 1.29 is 23.7 Å². The smallest absolute Gasteiger partial charge is 0.425 e. The molecule has 0 saturated carbocycles. The summed E-state index contributed by atoms with van der Waals surface area (Å²) in [5.41, 5.74) is 4.32. The number of aromatic nitrogens is 2. The van der Waals surface area contributed by atoms with Crippen molar-refractivity contribution in [3.05, 3.63) is 83.6 Å². The van der Waals surface area contributed by atoms with E-state index in [2.05, 4.69) is 15.2 Å². The van der Waals surface area contributed by atoms with Crippen LogP contribution in [0.25, 0.3) is 0 Å². The van der Waals surface area contributed by atoms with Crippen LogP contribution in [0.4, 0.5) is 27.9 Å². The summed E-state index contributed by atoms with van der Waals surface area (Å²) in [6.45, 7) is 7.53. The Balaban J connectivity index is 1.61. The molecule has 1 heterocycles. The molecule has 0 atom stereocenters. The highest BCUT2D eigenvalue weighted by molar-refractivity contribution is 5.98. The van der Waals surface area contributed by atoms with E-state index >= 15 is 0 Å². The molecule has 10 heteroatoms. The summed E-state index contributed by atoms with van der Waals surface area (Å²) in [6, 6.07) is 18.3. The largest absolute Gasteiger partial charge is 0.497 e. The van der Waals surface area contributed by atoms with Crippen LogP contribution in [-0.2, 0) is 0 Å². The zero-order valence-electron chi connectivity index (χ0n) is 25.8. The standard InChI is InChI=1S/C33H39N5O5/c1-22-19-23(2)31(24(3)20-22)38(33(39)43-28-14-13-27(40-6)21-29(28)41-7)30-15-16-34-32(36-30)35-25-9-11-26(12-10-25)42-18-8-17-37(4)5/h9-16,19-21H,8,17-18H2,1-7H3,(H,34,35,36). The maximum atomic E-state index is 13.9. The van der Waals surface area contributed by atoms with Gasteiger partial charge in [-0.25, -0.2) is 14.7 Å². The summed E-state index contributed by atoms with van der Waals surface area (Å²) in [5.74, 6) is 2.63. The average molecular weight is 586 g/mol. The average Bonchev–Trinajstić information content (AvgIpc) is 2.98. The van der Waals surface area contributed by atoms with Crippen molar-refractivity contribution in [1.82, 2.24) is 14.9 Å². The van der Waals surface area contributed by atoms with Crippen molar-refractivity contribution in [3.63, 3.8) is 0 Å². The Hall–Kier alpha value is -4.83. The highest BCUT2D eigenvalue weighted by Gasteiger charge is 2.27. The van der Waals surface area contributed by atoms with Gasteiger partial charge in [-0.2, -0.15) is 4.98 Å². The molecule has 226 valence electrons. The fourth-order valence-electron chi connectivity index (χ4n) is 4.69.